The molecule has 0 spiro atoms. The van der Waals surface area contributed by atoms with Crippen molar-refractivity contribution in [3.05, 3.63) is 33.5 Å². The largest absolute Gasteiger partial charge is 0.435 e. The second-order valence-corrected chi connectivity index (χ2v) is 11.6. The van der Waals surface area contributed by atoms with Crippen molar-refractivity contribution in [3.8, 4) is 0 Å². The predicted octanol–water partition coefficient (Wildman–Crippen LogP) is 4.65. The topological polar surface area (TPSA) is 68.1 Å². The average Bonchev–Trinajstić information content (AvgIpc) is 3.41. The van der Waals surface area contributed by atoms with Gasteiger partial charge in [-0.3, -0.25) is 13.7 Å². The first-order valence-corrected chi connectivity index (χ1v) is 13.7. The maximum atomic E-state index is 12.9. The highest BCUT2D eigenvalue weighted by molar-refractivity contribution is 7.84. The molecule has 3 heterocycles. The van der Waals surface area contributed by atoms with Crippen LogP contribution in [0.4, 0.5) is 13.2 Å². The third-order valence-electron chi connectivity index (χ3n) is 6.54. The normalized spacial score (nSPS) is 19.7. The Balaban J connectivity index is 1.28. The molecule has 11 heteroatoms. The van der Waals surface area contributed by atoms with E-state index in [1.807, 2.05) is 5.38 Å². The summed E-state index contributed by atoms with van der Waals surface area (Å²) in [6.45, 7) is 2.40. The Bertz CT molecular complexity index is 990. The van der Waals surface area contributed by atoms with Crippen LogP contribution in [0, 0.1) is 6.92 Å². The van der Waals surface area contributed by atoms with Crippen LogP contribution in [0.15, 0.2) is 11.4 Å². The van der Waals surface area contributed by atoms with E-state index in [-0.39, 0.29) is 18.4 Å². The third-order valence-corrected chi connectivity index (χ3v) is 9.39. The molecule has 0 aromatic carbocycles. The molecule has 0 N–H and O–H groups in total. The molecule has 1 unspecified atom stereocenters. The molecule has 2 aromatic rings. The SMILES string of the molecule is Cc1cc(C(F)(F)F)nn1CC(=O)N1CCC(c2nc(CS(=O)C3CCCCC3)cs2)CC1. The van der Waals surface area contributed by atoms with Gasteiger partial charge in [0.05, 0.1) is 16.5 Å². The van der Waals surface area contributed by atoms with Gasteiger partial charge >= 0.3 is 6.18 Å². The molecule has 1 atom stereocenters. The second-order valence-electron chi connectivity index (χ2n) is 8.94. The van der Waals surface area contributed by atoms with Gasteiger partial charge in [0.15, 0.2) is 5.69 Å². The molecule has 2 fully saturated rings. The molecule has 0 bridgehead atoms. The summed E-state index contributed by atoms with van der Waals surface area (Å²) in [5.41, 5.74) is 0.231. The van der Waals surface area contributed by atoms with Gasteiger partial charge in [0.1, 0.15) is 6.54 Å². The Morgan fingerprint density at radius 2 is 1.88 bits per heavy atom. The molecule has 33 heavy (non-hydrogen) atoms. The van der Waals surface area contributed by atoms with Gasteiger partial charge in [0.2, 0.25) is 5.91 Å². The van der Waals surface area contributed by atoms with Gasteiger partial charge in [-0.05, 0) is 38.7 Å². The maximum absolute atomic E-state index is 12.9. The number of aryl methyl sites for hydroxylation is 1. The van der Waals surface area contributed by atoms with Gasteiger partial charge in [0.25, 0.3) is 0 Å². The summed E-state index contributed by atoms with van der Waals surface area (Å²) in [5, 5.41) is 6.87. The minimum absolute atomic E-state index is 0.193. The highest BCUT2D eigenvalue weighted by Gasteiger charge is 2.35. The lowest BCUT2D eigenvalue weighted by Crippen LogP contribution is -2.40. The van der Waals surface area contributed by atoms with E-state index in [0.29, 0.717) is 29.8 Å². The smallest absolute Gasteiger partial charge is 0.341 e. The lowest BCUT2D eigenvalue weighted by molar-refractivity contribution is -0.142. The molecule has 182 valence electrons. The number of rotatable bonds is 6. The number of aromatic nitrogens is 3. The van der Waals surface area contributed by atoms with E-state index in [4.69, 9.17) is 4.98 Å². The number of thiazole rings is 1. The van der Waals surface area contributed by atoms with Crippen LogP contribution in [0.5, 0.6) is 0 Å². The molecule has 1 aliphatic carbocycles. The van der Waals surface area contributed by atoms with E-state index < -0.39 is 22.7 Å². The molecule has 1 aliphatic heterocycles. The summed E-state index contributed by atoms with van der Waals surface area (Å²) in [5.74, 6) is 0.539. The van der Waals surface area contributed by atoms with Crippen molar-refractivity contribution in [2.24, 2.45) is 0 Å². The summed E-state index contributed by atoms with van der Waals surface area (Å²) in [6.07, 6.45) is 2.67. The summed E-state index contributed by atoms with van der Waals surface area (Å²) in [6, 6.07) is 0.959. The van der Waals surface area contributed by atoms with Gasteiger partial charge in [-0.15, -0.1) is 11.3 Å². The first-order chi connectivity index (χ1) is 15.7. The van der Waals surface area contributed by atoms with Gasteiger partial charge in [0, 0.05) is 46.1 Å². The lowest BCUT2D eigenvalue weighted by Gasteiger charge is -2.31. The van der Waals surface area contributed by atoms with Crippen LogP contribution in [0.25, 0.3) is 0 Å². The molecule has 2 aliphatic rings. The van der Waals surface area contributed by atoms with Crippen LogP contribution in [-0.4, -0.2) is 48.1 Å². The molecule has 1 saturated carbocycles. The number of carbonyl (C=O) groups excluding carboxylic acids is 1. The van der Waals surface area contributed by atoms with E-state index in [2.05, 4.69) is 5.10 Å². The summed E-state index contributed by atoms with van der Waals surface area (Å²) in [7, 11) is -0.874. The minimum atomic E-state index is -4.52. The van der Waals surface area contributed by atoms with Crippen LogP contribution in [0.2, 0.25) is 0 Å². The quantitative estimate of drug-likeness (QED) is 0.577. The van der Waals surface area contributed by atoms with Gasteiger partial charge in [-0.25, -0.2) is 4.98 Å². The highest BCUT2D eigenvalue weighted by Crippen LogP contribution is 2.32. The Morgan fingerprint density at radius 1 is 1.18 bits per heavy atom. The number of halogens is 3. The predicted molar refractivity (Wildman–Crippen MR) is 121 cm³/mol. The maximum Gasteiger partial charge on any atom is 0.435 e. The van der Waals surface area contributed by atoms with Crippen molar-refractivity contribution in [1.29, 1.82) is 0 Å². The second kappa shape index (κ2) is 10.2. The van der Waals surface area contributed by atoms with E-state index in [0.717, 1.165) is 47.1 Å². The van der Waals surface area contributed by atoms with Crippen molar-refractivity contribution >= 4 is 28.0 Å². The molecule has 1 saturated heterocycles. The Kier molecular flexibility index (Phi) is 7.57. The van der Waals surface area contributed by atoms with Crippen LogP contribution < -0.4 is 0 Å². The molecular formula is C22H29F3N4O2S2. The number of alkyl halides is 3. The average molecular weight is 503 g/mol. The fourth-order valence-corrected chi connectivity index (χ4v) is 7.21. The van der Waals surface area contributed by atoms with Crippen molar-refractivity contribution in [2.45, 2.75) is 81.5 Å². The Morgan fingerprint density at radius 3 is 2.52 bits per heavy atom. The van der Waals surface area contributed by atoms with Gasteiger partial charge in [-0.2, -0.15) is 18.3 Å². The van der Waals surface area contributed by atoms with E-state index >= 15 is 0 Å². The number of hydrogen-bond acceptors (Lipinski definition) is 5. The van der Waals surface area contributed by atoms with Crippen LogP contribution in [0.3, 0.4) is 0 Å². The Hall–Kier alpha value is -1.75. The van der Waals surface area contributed by atoms with Gasteiger partial charge in [-0.1, -0.05) is 19.3 Å². The third kappa shape index (κ3) is 6.03. The number of amides is 1. The van der Waals surface area contributed by atoms with E-state index in [1.54, 1.807) is 16.2 Å². The fraction of sp³-hybridized carbons (Fsp3) is 0.682. The standard InChI is InChI=1S/C22H29F3N4O2S2/c1-15-11-19(22(23,24)25)27-29(15)12-20(30)28-9-7-16(8-10-28)21-26-17(13-32-21)14-33(31)18-5-3-2-4-6-18/h11,13,16,18H,2-10,12,14H2,1H3. The summed E-state index contributed by atoms with van der Waals surface area (Å²) >= 11 is 1.59. The highest BCUT2D eigenvalue weighted by atomic mass is 32.2. The van der Waals surface area contributed by atoms with Gasteiger partial charge < -0.3 is 4.90 Å². The van der Waals surface area contributed by atoms with Crippen LogP contribution >= 0.6 is 11.3 Å². The molecule has 2 aromatic heterocycles. The zero-order valence-corrected chi connectivity index (χ0v) is 20.3. The molecule has 1 amide bonds. The number of likely N-dealkylation sites (tertiary alicyclic amines) is 1. The monoisotopic (exact) mass is 502 g/mol. The van der Waals surface area contributed by atoms with Crippen LogP contribution in [-0.2, 0) is 34.1 Å². The lowest BCUT2D eigenvalue weighted by atomic mass is 9.97. The zero-order valence-electron chi connectivity index (χ0n) is 18.6. The number of hydrogen-bond donors (Lipinski definition) is 0. The van der Waals surface area contributed by atoms with E-state index in [1.165, 1.54) is 26.2 Å². The number of nitrogens with zero attached hydrogens (tertiary/aromatic N) is 4. The minimum Gasteiger partial charge on any atom is -0.341 e. The Labute approximate surface area is 198 Å². The summed E-state index contributed by atoms with van der Waals surface area (Å²) in [4.78, 5) is 19.1. The first-order valence-electron chi connectivity index (χ1n) is 11.4. The van der Waals surface area contributed by atoms with Crippen molar-refractivity contribution in [2.75, 3.05) is 13.1 Å². The fourth-order valence-electron chi connectivity index (χ4n) is 4.58. The molecular weight excluding hydrogens is 473 g/mol. The number of piperidine rings is 1. The first kappa shape index (κ1) is 24.4. The van der Waals surface area contributed by atoms with Crippen molar-refractivity contribution < 1.29 is 22.2 Å². The van der Waals surface area contributed by atoms with Crippen molar-refractivity contribution in [3.63, 3.8) is 0 Å². The number of carbonyl (C=O) groups is 1. The van der Waals surface area contributed by atoms with E-state index in [9.17, 15) is 22.2 Å². The molecule has 6 nitrogen and oxygen atoms in total. The van der Waals surface area contributed by atoms with Crippen molar-refractivity contribution in [1.82, 2.24) is 19.7 Å². The van der Waals surface area contributed by atoms with Crippen LogP contribution in [0.1, 0.15) is 73.0 Å². The summed E-state index contributed by atoms with van der Waals surface area (Å²) < 4.78 is 52.3. The molecule has 0 radical (unpaired) electrons. The molecule has 4 rings (SSSR count). The zero-order chi connectivity index (χ0) is 23.6.